The largest absolute Gasteiger partial charge is 0.385 e. The van der Waals surface area contributed by atoms with E-state index in [1.807, 2.05) is 19.2 Å². The van der Waals surface area contributed by atoms with E-state index in [0.29, 0.717) is 23.8 Å². The third kappa shape index (κ3) is 3.30. The number of nitrogens with one attached hydrogen (secondary N) is 2. The second kappa shape index (κ2) is 6.42. The second-order valence-electron chi connectivity index (χ2n) is 4.50. The van der Waals surface area contributed by atoms with Crippen LogP contribution in [-0.4, -0.2) is 27.9 Å². The molecule has 0 aliphatic heterocycles. The Morgan fingerprint density at radius 3 is 2.80 bits per heavy atom. The van der Waals surface area contributed by atoms with Crippen molar-refractivity contribution in [2.24, 2.45) is 0 Å². The van der Waals surface area contributed by atoms with Crippen LogP contribution in [0.2, 0.25) is 0 Å². The minimum atomic E-state index is -0.228. The first-order chi connectivity index (χ1) is 9.61. The first kappa shape index (κ1) is 14.4. The molecule has 2 heterocycles. The molecule has 0 radical (unpaired) electrons. The highest BCUT2D eigenvalue weighted by molar-refractivity contribution is 7.09. The van der Waals surface area contributed by atoms with Crippen LogP contribution >= 0.6 is 11.3 Å². The SMILES string of the molecule is CNc1cnc(C(C)C)nc1C(=O)NCc1nccs1. The molecule has 2 aromatic rings. The van der Waals surface area contributed by atoms with Crippen LogP contribution in [0.15, 0.2) is 17.8 Å². The second-order valence-corrected chi connectivity index (χ2v) is 5.48. The third-order valence-corrected chi connectivity index (χ3v) is 3.47. The number of rotatable bonds is 5. The number of anilines is 1. The van der Waals surface area contributed by atoms with E-state index in [-0.39, 0.29) is 11.8 Å². The van der Waals surface area contributed by atoms with Crippen molar-refractivity contribution in [3.8, 4) is 0 Å². The molecule has 0 saturated heterocycles. The van der Waals surface area contributed by atoms with Crippen LogP contribution in [0.25, 0.3) is 0 Å². The summed E-state index contributed by atoms with van der Waals surface area (Å²) in [5.41, 5.74) is 0.980. The first-order valence-electron chi connectivity index (χ1n) is 6.33. The lowest BCUT2D eigenvalue weighted by Crippen LogP contribution is -2.25. The van der Waals surface area contributed by atoms with Crippen molar-refractivity contribution in [1.29, 1.82) is 0 Å². The molecule has 6 nitrogen and oxygen atoms in total. The number of amides is 1. The van der Waals surface area contributed by atoms with Crippen molar-refractivity contribution in [3.05, 3.63) is 34.3 Å². The number of hydrogen-bond acceptors (Lipinski definition) is 6. The summed E-state index contributed by atoms with van der Waals surface area (Å²) in [7, 11) is 1.74. The number of aromatic nitrogens is 3. The van der Waals surface area contributed by atoms with Crippen molar-refractivity contribution in [3.63, 3.8) is 0 Å². The topological polar surface area (TPSA) is 79.8 Å². The summed E-state index contributed by atoms with van der Waals surface area (Å²) in [5.74, 6) is 0.601. The zero-order valence-corrected chi connectivity index (χ0v) is 12.5. The van der Waals surface area contributed by atoms with E-state index < -0.39 is 0 Å². The maximum absolute atomic E-state index is 12.2. The molecule has 0 saturated carbocycles. The van der Waals surface area contributed by atoms with Crippen LogP contribution in [0.1, 0.15) is 41.1 Å². The zero-order valence-electron chi connectivity index (χ0n) is 11.7. The molecular weight excluding hydrogens is 274 g/mol. The summed E-state index contributed by atoms with van der Waals surface area (Å²) < 4.78 is 0. The van der Waals surface area contributed by atoms with Crippen LogP contribution in [-0.2, 0) is 6.54 Å². The Bertz CT molecular complexity index is 582. The molecule has 1 amide bonds. The lowest BCUT2D eigenvalue weighted by atomic mass is 10.2. The fourth-order valence-electron chi connectivity index (χ4n) is 1.61. The average molecular weight is 291 g/mol. The lowest BCUT2D eigenvalue weighted by Gasteiger charge is -2.11. The summed E-state index contributed by atoms with van der Waals surface area (Å²) in [6, 6.07) is 0. The van der Waals surface area contributed by atoms with Gasteiger partial charge in [-0.3, -0.25) is 4.79 Å². The molecule has 0 atom stereocenters. The van der Waals surface area contributed by atoms with Crippen molar-refractivity contribution in [2.45, 2.75) is 26.3 Å². The number of hydrogen-bond donors (Lipinski definition) is 2. The van der Waals surface area contributed by atoms with Gasteiger partial charge in [-0.1, -0.05) is 13.8 Å². The van der Waals surface area contributed by atoms with Gasteiger partial charge >= 0.3 is 0 Å². The highest BCUT2D eigenvalue weighted by atomic mass is 32.1. The normalized spacial score (nSPS) is 10.6. The van der Waals surface area contributed by atoms with Gasteiger partial charge in [-0.2, -0.15) is 0 Å². The Kier molecular flexibility index (Phi) is 4.62. The smallest absolute Gasteiger partial charge is 0.272 e. The molecule has 0 aliphatic rings. The summed E-state index contributed by atoms with van der Waals surface area (Å²) in [6.07, 6.45) is 3.35. The van der Waals surface area contributed by atoms with E-state index in [0.717, 1.165) is 5.01 Å². The van der Waals surface area contributed by atoms with Crippen LogP contribution in [0.5, 0.6) is 0 Å². The van der Waals surface area contributed by atoms with Crippen LogP contribution in [0.4, 0.5) is 5.69 Å². The van der Waals surface area contributed by atoms with Gasteiger partial charge in [0, 0.05) is 24.5 Å². The Morgan fingerprint density at radius 2 is 2.20 bits per heavy atom. The van der Waals surface area contributed by atoms with E-state index in [2.05, 4.69) is 25.6 Å². The maximum atomic E-state index is 12.2. The van der Waals surface area contributed by atoms with Crippen molar-refractivity contribution < 1.29 is 4.79 Å². The maximum Gasteiger partial charge on any atom is 0.272 e. The average Bonchev–Trinajstić information content (AvgIpc) is 2.97. The molecule has 0 bridgehead atoms. The van der Waals surface area contributed by atoms with Crippen LogP contribution in [0, 0.1) is 0 Å². The Morgan fingerprint density at radius 1 is 1.40 bits per heavy atom. The van der Waals surface area contributed by atoms with Crippen molar-refractivity contribution >= 4 is 22.9 Å². The molecule has 0 aromatic carbocycles. The highest BCUT2D eigenvalue weighted by Gasteiger charge is 2.16. The summed E-state index contributed by atoms with van der Waals surface area (Å²) >= 11 is 1.50. The molecule has 7 heteroatoms. The quantitative estimate of drug-likeness (QED) is 0.881. The van der Waals surface area contributed by atoms with E-state index >= 15 is 0 Å². The van der Waals surface area contributed by atoms with Gasteiger partial charge in [0.05, 0.1) is 18.4 Å². The molecule has 0 aliphatic carbocycles. The molecule has 2 rings (SSSR count). The molecular formula is C13H17N5OS. The van der Waals surface area contributed by atoms with Gasteiger partial charge in [-0.15, -0.1) is 11.3 Å². The van der Waals surface area contributed by atoms with Gasteiger partial charge in [0.25, 0.3) is 5.91 Å². The first-order valence-corrected chi connectivity index (χ1v) is 7.21. The van der Waals surface area contributed by atoms with Gasteiger partial charge in [-0.25, -0.2) is 15.0 Å². The van der Waals surface area contributed by atoms with E-state index in [1.54, 1.807) is 19.4 Å². The van der Waals surface area contributed by atoms with Crippen LogP contribution in [0.3, 0.4) is 0 Å². The zero-order chi connectivity index (χ0) is 14.5. The summed E-state index contributed by atoms with van der Waals surface area (Å²) in [6.45, 7) is 4.39. The fourth-order valence-corrected chi connectivity index (χ4v) is 2.17. The van der Waals surface area contributed by atoms with E-state index in [1.165, 1.54) is 11.3 Å². The molecule has 106 valence electrons. The number of thiazole rings is 1. The summed E-state index contributed by atoms with van der Waals surface area (Å²) in [5, 5.41) is 8.50. The van der Waals surface area contributed by atoms with Gasteiger partial charge in [0.2, 0.25) is 0 Å². The Labute approximate surface area is 121 Å². The predicted octanol–water partition coefficient (Wildman–Crippen LogP) is 2.03. The monoisotopic (exact) mass is 291 g/mol. The minimum absolute atomic E-state index is 0.173. The van der Waals surface area contributed by atoms with Crippen LogP contribution < -0.4 is 10.6 Å². The standard InChI is InChI=1S/C13H17N5OS/c1-8(2)12-16-6-9(14-3)11(18-12)13(19)17-7-10-15-4-5-20-10/h4-6,8,14H,7H2,1-3H3,(H,17,19). The van der Waals surface area contributed by atoms with Gasteiger partial charge in [0.1, 0.15) is 10.8 Å². The molecule has 0 spiro atoms. The van der Waals surface area contributed by atoms with E-state index in [4.69, 9.17) is 0 Å². The summed E-state index contributed by atoms with van der Waals surface area (Å²) in [4.78, 5) is 24.9. The number of nitrogens with zero attached hydrogens (tertiary/aromatic N) is 3. The number of carbonyl (C=O) groups excluding carboxylic acids is 1. The third-order valence-electron chi connectivity index (χ3n) is 2.69. The Hall–Kier alpha value is -2.02. The van der Waals surface area contributed by atoms with Gasteiger partial charge < -0.3 is 10.6 Å². The van der Waals surface area contributed by atoms with Crippen molar-refractivity contribution in [1.82, 2.24) is 20.3 Å². The highest BCUT2D eigenvalue weighted by Crippen LogP contribution is 2.16. The van der Waals surface area contributed by atoms with E-state index in [9.17, 15) is 4.79 Å². The van der Waals surface area contributed by atoms with Gasteiger partial charge in [-0.05, 0) is 0 Å². The minimum Gasteiger partial charge on any atom is -0.385 e. The lowest BCUT2D eigenvalue weighted by molar-refractivity contribution is 0.0946. The molecule has 2 aromatic heterocycles. The molecule has 0 unspecified atom stereocenters. The predicted molar refractivity (Wildman–Crippen MR) is 79.0 cm³/mol. The molecule has 2 N–H and O–H groups in total. The van der Waals surface area contributed by atoms with Gasteiger partial charge in [0.15, 0.2) is 5.69 Å². The fraction of sp³-hybridized carbons (Fsp3) is 0.385. The van der Waals surface area contributed by atoms with Crippen molar-refractivity contribution in [2.75, 3.05) is 12.4 Å². The number of carbonyl (C=O) groups is 1. The molecule has 20 heavy (non-hydrogen) atoms. The Balaban J connectivity index is 2.16. The molecule has 0 fully saturated rings.